The Bertz CT molecular complexity index is 1030. The smallest absolute Gasteiger partial charge is 0.269 e. The third-order valence-electron chi connectivity index (χ3n) is 5.01. The lowest BCUT2D eigenvalue weighted by Gasteiger charge is -2.29. The van der Waals surface area contributed by atoms with Crippen LogP contribution in [0, 0.1) is 10.1 Å². The predicted octanol–water partition coefficient (Wildman–Crippen LogP) is 2.89. The summed E-state index contributed by atoms with van der Waals surface area (Å²) >= 11 is 0. The highest BCUT2D eigenvalue weighted by Gasteiger charge is 2.20. The zero-order chi connectivity index (χ0) is 20.4. The average Bonchev–Trinajstić information content (AvgIpc) is 3.21. The molecule has 4 rings (SSSR count). The van der Waals surface area contributed by atoms with Gasteiger partial charge in [0.25, 0.3) is 5.69 Å². The SMILES string of the molecule is COc1cc2c(cc1OC)CN(Cn1cnc(-c3ccc([N+](=O)[O-])cc3)n1)CC2. The van der Waals surface area contributed by atoms with Gasteiger partial charge in [-0.25, -0.2) is 9.67 Å². The van der Waals surface area contributed by atoms with Gasteiger partial charge in [0, 0.05) is 30.8 Å². The Morgan fingerprint density at radius 2 is 1.79 bits per heavy atom. The molecule has 150 valence electrons. The molecule has 3 aromatic rings. The summed E-state index contributed by atoms with van der Waals surface area (Å²) in [4.78, 5) is 17.0. The molecule has 0 amide bonds. The summed E-state index contributed by atoms with van der Waals surface area (Å²) in [5.41, 5.74) is 3.27. The summed E-state index contributed by atoms with van der Waals surface area (Å²) in [5, 5.41) is 15.3. The summed E-state index contributed by atoms with van der Waals surface area (Å²) in [6.45, 7) is 2.28. The van der Waals surface area contributed by atoms with Crippen LogP contribution >= 0.6 is 0 Å². The van der Waals surface area contributed by atoms with E-state index in [-0.39, 0.29) is 5.69 Å². The molecule has 0 bridgehead atoms. The third-order valence-corrected chi connectivity index (χ3v) is 5.01. The molecule has 1 aromatic heterocycles. The number of non-ortho nitro benzene ring substituents is 1. The van der Waals surface area contributed by atoms with Gasteiger partial charge in [-0.1, -0.05) is 0 Å². The Morgan fingerprint density at radius 3 is 2.45 bits per heavy atom. The van der Waals surface area contributed by atoms with E-state index in [4.69, 9.17) is 9.47 Å². The maximum atomic E-state index is 10.8. The first-order chi connectivity index (χ1) is 14.1. The van der Waals surface area contributed by atoms with E-state index >= 15 is 0 Å². The molecule has 0 atom stereocenters. The number of methoxy groups -OCH3 is 2. The highest BCUT2D eigenvalue weighted by molar-refractivity contribution is 5.56. The number of hydrogen-bond donors (Lipinski definition) is 0. The fourth-order valence-corrected chi connectivity index (χ4v) is 3.49. The van der Waals surface area contributed by atoms with Crippen LogP contribution in [0.3, 0.4) is 0 Å². The van der Waals surface area contributed by atoms with E-state index < -0.39 is 4.92 Å². The van der Waals surface area contributed by atoms with Gasteiger partial charge in [0.1, 0.15) is 6.33 Å². The maximum Gasteiger partial charge on any atom is 0.269 e. The number of hydrogen-bond acceptors (Lipinski definition) is 7. The van der Waals surface area contributed by atoms with Crippen LogP contribution in [0.2, 0.25) is 0 Å². The standard InChI is InChI=1S/C20H21N5O4/c1-28-18-9-15-7-8-23(11-16(15)10-19(18)29-2)13-24-12-21-20(22-24)14-3-5-17(6-4-14)25(26)27/h3-6,9-10,12H,7-8,11,13H2,1-2H3. The molecule has 0 fully saturated rings. The topological polar surface area (TPSA) is 95.5 Å². The van der Waals surface area contributed by atoms with E-state index in [0.29, 0.717) is 12.5 Å². The molecule has 29 heavy (non-hydrogen) atoms. The van der Waals surface area contributed by atoms with Crippen LogP contribution in [-0.4, -0.2) is 45.4 Å². The summed E-state index contributed by atoms with van der Waals surface area (Å²) in [6.07, 6.45) is 2.60. The Morgan fingerprint density at radius 1 is 1.10 bits per heavy atom. The molecule has 2 aromatic carbocycles. The lowest BCUT2D eigenvalue weighted by atomic mass is 9.99. The minimum atomic E-state index is -0.422. The second kappa shape index (κ2) is 7.88. The van der Waals surface area contributed by atoms with Crippen molar-refractivity contribution in [3.63, 3.8) is 0 Å². The van der Waals surface area contributed by atoms with Crippen LogP contribution in [0.4, 0.5) is 5.69 Å². The minimum absolute atomic E-state index is 0.0484. The van der Waals surface area contributed by atoms with Gasteiger partial charge in [-0.3, -0.25) is 15.0 Å². The number of ether oxygens (including phenoxy) is 2. The summed E-state index contributed by atoms with van der Waals surface area (Å²) in [6, 6.07) is 10.3. The molecule has 1 aliphatic heterocycles. The van der Waals surface area contributed by atoms with Crippen molar-refractivity contribution < 1.29 is 14.4 Å². The van der Waals surface area contributed by atoms with E-state index in [0.717, 1.165) is 36.6 Å². The van der Waals surface area contributed by atoms with Crippen LogP contribution in [-0.2, 0) is 19.6 Å². The van der Waals surface area contributed by atoms with E-state index in [1.807, 2.05) is 12.1 Å². The first-order valence-electron chi connectivity index (χ1n) is 9.18. The number of aromatic nitrogens is 3. The lowest BCUT2D eigenvalue weighted by Crippen LogP contribution is -2.32. The molecule has 9 nitrogen and oxygen atoms in total. The maximum absolute atomic E-state index is 10.8. The lowest BCUT2D eigenvalue weighted by molar-refractivity contribution is -0.384. The molecular weight excluding hydrogens is 374 g/mol. The van der Waals surface area contributed by atoms with Crippen LogP contribution in [0.1, 0.15) is 11.1 Å². The average molecular weight is 395 g/mol. The monoisotopic (exact) mass is 395 g/mol. The van der Waals surface area contributed by atoms with Gasteiger partial charge >= 0.3 is 0 Å². The van der Waals surface area contributed by atoms with Crippen molar-refractivity contribution in [1.29, 1.82) is 0 Å². The zero-order valence-corrected chi connectivity index (χ0v) is 16.2. The number of nitrogens with zero attached hydrogens (tertiary/aromatic N) is 5. The van der Waals surface area contributed by atoms with Crippen LogP contribution in [0.25, 0.3) is 11.4 Å². The number of nitro benzene ring substituents is 1. The van der Waals surface area contributed by atoms with Crippen molar-refractivity contribution in [2.45, 2.75) is 19.6 Å². The van der Waals surface area contributed by atoms with Gasteiger partial charge in [-0.2, -0.15) is 0 Å². The molecule has 0 unspecified atom stereocenters. The number of nitro groups is 1. The summed E-state index contributed by atoms with van der Waals surface area (Å²) in [7, 11) is 3.28. The van der Waals surface area contributed by atoms with Crippen molar-refractivity contribution in [2.24, 2.45) is 0 Å². The molecule has 0 radical (unpaired) electrons. The van der Waals surface area contributed by atoms with Crippen molar-refractivity contribution in [3.8, 4) is 22.9 Å². The molecule has 1 aliphatic rings. The van der Waals surface area contributed by atoms with E-state index in [1.165, 1.54) is 23.3 Å². The Kier molecular flexibility index (Phi) is 5.13. The van der Waals surface area contributed by atoms with Crippen molar-refractivity contribution >= 4 is 5.69 Å². The largest absolute Gasteiger partial charge is 0.493 e. The van der Waals surface area contributed by atoms with Crippen molar-refractivity contribution in [1.82, 2.24) is 19.7 Å². The predicted molar refractivity (Wildman–Crippen MR) is 106 cm³/mol. The van der Waals surface area contributed by atoms with Gasteiger partial charge < -0.3 is 9.47 Å². The van der Waals surface area contributed by atoms with Crippen LogP contribution < -0.4 is 9.47 Å². The molecule has 0 saturated heterocycles. The van der Waals surface area contributed by atoms with E-state index in [9.17, 15) is 10.1 Å². The molecule has 0 saturated carbocycles. The van der Waals surface area contributed by atoms with Crippen LogP contribution in [0.5, 0.6) is 11.5 Å². The molecule has 0 spiro atoms. The second-order valence-electron chi connectivity index (χ2n) is 6.83. The third kappa shape index (κ3) is 3.90. The van der Waals surface area contributed by atoms with Crippen LogP contribution in [0.15, 0.2) is 42.7 Å². The van der Waals surface area contributed by atoms with Gasteiger partial charge in [0.2, 0.25) is 0 Å². The number of benzene rings is 2. The first-order valence-corrected chi connectivity index (χ1v) is 9.18. The highest BCUT2D eigenvalue weighted by atomic mass is 16.6. The first kappa shape index (κ1) is 18.9. The Labute approximate surface area is 167 Å². The fraction of sp³-hybridized carbons (Fsp3) is 0.300. The summed E-state index contributed by atoms with van der Waals surface area (Å²) in [5.74, 6) is 2.03. The van der Waals surface area contributed by atoms with Gasteiger partial charge in [0.05, 0.1) is 25.8 Å². The highest BCUT2D eigenvalue weighted by Crippen LogP contribution is 2.33. The quantitative estimate of drug-likeness (QED) is 0.468. The molecule has 0 aliphatic carbocycles. The van der Waals surface area contributed by atoms with E-state index in [2.05, 4.69) is 15.0 Å². The molecule has 9 heteroatoms. The Hall–Kier alpha value is -3.46. The normalized spacial score (nSPS) is 13.7. The Balaban J connectivity index is 1.46. The molecular formula is C20H21N5O4. The van der Waals surface area contributed by atoms with Crippen molar-refractivity contribution in [3.05, 3.63) is 64.0 Å². The summed E-state index contributed by atoms with van der Waals surface area (Å²) < 4.78 is 12.6. The van der Waals surface area contributed by atoms with Gasteiger partial charge in [0.15, 0.2) is 17.3 Å². The molecule has 2 heterocycles. The van der Waals surface area contributed by atoms with Crippen molar-refractivity contribution in [2.75, 3.05) is 20.8 Å². The van der Waals surface area contributed by atoms with Gasteiger partial charge in [-0.05, 0) is 41.8 Å². The van der Waals surface area contributed by atoms with E-state index in [1.54, 1.807) is 37.4 Å². The minimum Gasteiger partial charge on any atom is -0.493 e. The second-order valence-corrected chi connectivity index (χ2v) is 6.83. The zero-order valence-electron chi connectivity index (χ0n) is 16.2. The number of fused-ring (bicyclic) bond motifs is 1. The number of rotatable bonds is 6. The fourth-order valence-electron chi connectivity index (χ4n) is 3.49. The molecule has 0 N–H and O–H groups in total. The van der Waals surface area contributed by atoms with Gasteiger partial charge in [-0.15, -0.1) is 5.10 Å².